The monoisotopic (exact) mass is 326 g/mol. The van der Waals surface area contributed by atoms with Crippen LogP contribution in [0, 0.1) is 0 Å². The fourth-order valence-corrected chi connectivity index (χ4v) is 6.80. The molecule has 120 valence electrons. The molecule has 0 spiro atoms. The molecule has 0 bridgehead atoms. The largest absolute Gasteiger partial charge is 0.329 e. The van der Waals surface area contributed by atoms with Gasteiger partial charge in [0.1, 0.15) is 9.84 Å². The molecule has 2 N–H and O–H groups in total. The third-order valence-corrected chi connectivity index (χ3v) is 8.66. The van der Waals surface area contributed by atoms with Crippen molar-refractivity contribution in [2.45, 2.75) is 50.8 Å². The minimum atomic E-state index is -3.52. The lowest BCUT2D eigenvalue weighted by atomic mass is 9.99. The Bertz CT molecular complexity index is 510. The van der Waals surface area contributed by atoms with Crippen LogP contribution in [-0.4, -0.2) is 56.5 Å². The molecule has 1 saturated heterocycles. The molecular weight excluding hydrogens is 300 g/mol. The van der Waals surface area contributed by atoms with Crippen molar-refractivity contribution < 1.29 is 16.8 Å². The second-order valence-corrected chi connectivity index (χ2v) is 10.1. The molecule has 0 aliphatic carbocycles. The lowest BCUT2D eigenvalue weighted by Gasteiger charge is -2.41. The first kappa shape index (κ1) is 17.9. The van der Waals surface area contributed by atoms with E-state index in [2.05, 4.69) is 0 Å². The third kappa shape index (κ3) is 3.52. The van der Waals surface area contributed by atoms with E-state index in [9.17, 15) is 16.8 Å². The zero-order valence-corrected chi connectivity index (χ0v) is 14.1. The molecule has 1 aliphatic heterocycles. The maximum Gasteiger partial charge on any atom is 0.217 e. The molecule has 8 heteroatoms. The summed E-state index contributed by atoms with van der Waals surface area (Å²) in [6.07, 6.45) is 0.999. The first-order valence-corrected chi connectivity index (χ1v) is 10.4. The van der Waals surface area contributed by atoms with E-state index in [1.54, 1.807) is 6.92 Å². The molecule has 0 saturated carbocycles. The summed E-state index contributed by atoms with van der Waals surface area (Å²) in [4.78, 5) is 0. The van der Waals surface area contributed by atoms with Crippen LogP contribution in [0.2, 0.25) is 0 Å². The van der Waals surface area contributed by atoms with Crippen LogP contribution in [0.4, 0.5) is 0 Å². The van der Waals surface area contributed by atoms with Crippen LogP contribution in [0.5, 0.6) is 0 Å². The van der Waals surface area contributed by atoms with Crippen LogP contribution in [0.15, 0.2) is 0 Å². The van der Waals surface area contributed by atoms with Crippen LogP contribution >= 0.6 is 0 Å². The van der Waals surface area contributed by atoms with Crippen molar-refractivity contribution in [2.24, 2.45) is 5.73 Å². The van der Waals surface area contributed by atoms with Crippen molar-refractivity contribution in [1.29, 1.82) is 0 Å². The van der Waals surface area contributed by atoms with Gasteiger partial charge in [0, 0.05) is 18.6 Å². The van der Waals surface area contributed by atoms with Gasteiger partial charge < -0.3 is 5.73 Å². The first-order valence-electron chi connectivity index (χ1n) is 7.05. The Morgan fingerprint density at radius 3 is 2.10 bits per heavy atom. The lowest BCUT2D eigenvalue weighted by Crippen LogP contribution is -2.56. The summed E-state index contributed by atoms with van der Waals surface area (Å²) in [6, 6.07) is 0. The minimum absolute atomic E-state index is 0.0418. The smallest absolute Gasteiger partial charge is 0.217 e. The van der Waals surface area contributed by atoms with E-state index >= 15 is 0 Å². The van der Waals surface area contributed by atoms with Gasteiger partial charge in [-0.1, -0.05) is 13.8 Å². The zero-order chi connectivity index (χ0) is 15.6. The summed E-state index contributed by atoms with van der Waals surface area (Å²) in [5.41, 5.74) is 5.15. The third-order valence-electron chi connectivity index (χ3n) is 4.32. The number of rotatable bonds is 6. The van der Waals surface area contributed by atoms with E-state index in [1.807, 2.05) is 13.8 Å². The van der Waals surface area contributed by atoms with E-state index in [-0.39, 0.29) is 30.9 Å². The molecule has 0 aromatic rings. The van der Waals surface area contributed by atoms with Crippen molar-refractivity contribution in [1.82, 2.24) is 4.31 Å². The van der Waals surface area contributed by atoms with Crippen LogP contribution in [0.3, 0.4) is 0 Å². The molecule has 1 rings (SSSR count). The highest BCUT2D eigenvalue weighted by Gasteiger charge is 2.42. The Morgan fingerprint density at radius 1 is 1.25 bits per heavy atom. The number of hydrogen-bond acceptors (Lipinski definition) is 5. The van der Waals surface area contributed by atoms with Crippen LogP contribution in [-0.2, 0) is 19.9 Å². The van der Waals surface area contributed by atoms with E-state index in [1.165, 1.54) is 4.31 Å². The predicted molar refractivity (Wildman–Crippen MR) is 80.7 cm³/mol. The molecule has 0 aromatic heterocycles. The van der Waals surface area contributed by atoms with E-state index in [0.29, 0.717) is 13.0 Å². The van der Waals surface area contributed by atoms with Crippen LogP contribution < -0.4 is 5.73 Å². The summed E-state index contributed by atoms with van der Waals surface area (Å²) in [5, 5.41) is -0.608. The topological polar surface area (TPSA) is 97.5 Å². The second kappa shape index (κ2) is 6.29. The Balaban J connectivity index is 3.02. The van der Waals surface area contributed by atoms with Crippen molar-refractivity contribution >= 4 is 19.9 Å². The standard InChI is InChI=1S/C12H26N2O4S2/c1-4-12(3,10-13)14(5-2)20(17,18)11-6-8-19(15,16)9-7-11/h11H,4-10,13H2,1-3H3. The SMILES string of the molecule is CCN(C(C)(CC)CN)S(=O)(=O)C1CCS(=O)(=O)CC1. The van der Waals surface area contributed by atoms with E-state index < -0.39 is 30.6 Å². The van der Waals surface area contributed by atoms with Crippen LogP contribution in [0.25, 0.3) is 0 Å². The van der Waals surface area contributed by atoms with Crippen molar-refractivity contribution in [2.75, 3.05) is 24.6 Å². The van der Waals surface area contributed by atoms with Gasteiger partial charge in [0.2, 0.25) is 10.0 Å². The number of sulfonamides is 1. The maximum atomic E-state index is 12.8. The molecular formula is C12H26N2O4S2. The van der Waals surface area contributed by atoms with Crippen molar-refractivity contribution in [3.63, 3.8) is 0 Å². The zero-order valence-electron chi connectivity index (χ0n) is 12.5. The lowest BCUT2D eigenvalue weighted by molar-refractivity contribution is 0.211. The Hall–Kier alpha value is -0.180. The predicted octanol–water partition coefficient (Wildman–Crippen LogP) is 0.343. The van der Waals surface area contributed by atoms with Crippen molar-refractivity contribution in [3.8, 4) is 0 Å². The normalized spacial score (nSPS) is 23.6. The summed E-state index contributed by atoms with van der Waals surface area (Å²) in [6.45, 7) is 6.15. The van der Waals surface area contributed by atoms with Gasteiger partial charge in [0.25, 0.3) is 0 Å². The van der Waals surface area contributed by atoms with Gasteiger partial charge in [0.05, 0.1) is 16.8 Å². The van der Waals surface area contributed by atoms with E-state index in [0.717, 1.165) is 0 Å². The molecule has 20 heavy (non-hydrogen) atoms. The molecule has 1 fully saturated rings. The van der Waals surface area contributed by atoms with Crippen LogP contribution in [0.1, 0.15) is 40.0 Å². The summed E-state index contributed by atoms with van der Waals surface area (Å²) in [7, 11) is -6.58. The van der Waals surface area contributed by atoms with Gasteiger partial charge >= 0.3 is 0 Å². The summed E-state index contributed by atoms with van der Waals surface area (Å²) >= 11 is 0. The highest BCUT2D eigenvalue weighted by Crippen LogP contribution is 2.29. The number of hydrogen-bond donors (Lipinski definition) is 1. The van der Waals surface area contributed by atoms with Crippen molar-refractivity contribution in [3.05, 3.63) is 0 Å². The molecule has 1 aliphatic rings. The molecule has 1 atom stereocenters. The Kier molecular flexibility index (Phi) is 5.62. The highest BCUT2D eigenvalue weighted by atomic mass is 32.2. The molecule has 0 amide bonds. The molecule has 0 aromatic carbocycles. The maximum absolute atomic E-state index is 12.8. The van der Waals surface area contributed by atoms with E-state index in [4.69, 9.17) is 5.73 Å². The van der Waals surface area contributed by atoms with Gasteiger partial charge in [-0.3, -0.25) is 0 Å². The molecule has 1 heterocycles. The van der Waals surface area contributed by atoms with Gasteiger partial charge in [0.15, 0.2) is 0 Å². The second-order valence-electron chi connectivity index (χ2n) is 5.62. The fourth-order valence-electron chi connectivity index (χ4n) is 2.64. The number of sulfone groups is 1. The number of nitrogens with zero attached hydrogens (tertiary/aromatic N) is 1. The number of likely N-dealkylation sites (N-methyl/N-ethyl adjacent to an activating group) is 1. The van der Waals surface area contributed by atoms with Gasteiger partial charge in [-0.2, -0.15) is 4.31 Å². The summed E-state index contributed by atoms with van der Waals surface area (Å²) < 4.78 is 49.9. The Morgan fingerprint density at radius 2 is 1.75 bits per heavy atom. The summed E-state index contributed by atoms with van der Waals surface area (Å²) in [5.74, 6) is -0.0835. The van der Waals surface area contributed by atoms with Gasteiger partial charge in [-0.15, -0.1) is 0 Å². The molecule has 1 unspecified atom stereocenters. The average Bonchev–Trinajstić information content (AvgIpc) is 2.38. The highest BCUT2D eigenvalue weighted by molar-refractivity contribution is 7.92. The quantitative estimate of drug-likeness (QED) is 0.759. The first-order chi connectivity index (χ1) is 9.13. The minimum Gasteiger partial charge on any atom is -0.329 e. The fraction of sp³-hybridized carbons (Fsp3) is 1.00. The molecule has 6 nitrogen and oxygen atoms in total. The number of nitrogens with two attached hydrogens (primary N) is 1. The van der Waals surface area contributed by atoms with Gasteiger partial charge in [-0.05, 0) is 26.2 Å². The molecule has 0 radical (unpaired) electrons. The van der Waals surface area contributed by atoms with Gasteiger partial charge in [-0.25, -0.2) is 16.8 Å². The average molecular weight is 326 g/mol. The Labute approximate surface area is 122 Å².